The van der Waals surface area contributed by atoms with Crippen LogP contribution in [-0.4, -0.2) is 29.9 Å². The first-order valence-corrected chi connectivity index (χ1v) is 6.66. The fourth-order valence-electron chi connectivity index (χ4n) is 2.84. The van der Waals surface area contributed by atoms with E-state index in [9.17, 15) is 0 Å². The smallest absolute Gasteiger partial charge is 0.0376 e. The summed E-state index contributed by atoms with van der Waals surface area (Å²) >= 11 is 6.38. The molecule has 0 amide bonds. The summed E-state index contributed by atoms with van der Waals surface area (Å²) in [6.07, 6.45) is 9.61. The average molecular weight is 216 g/mol. The quantitative estimate of drug-likeness (QED) is 0.640. The molecule has 2 fully saturated rings. The molecular weight excluding hydrogens is 194 g/mol. The molecule has 1 aliphatic heterocycles. The second kappa shape index (κ2) is 5.37. The van der Waals surface area contributed by atoms with Crippen molar-refractivity contribution in [3.63, 3.8) is 0 Å². The Labute approximate surface area is 92.8 Å². The van der Waals surface area contributed by atoms with Crippen LogP contribution in [0.25, 0.3) is 0 Å². The number of nitrogens with zero attached hydrogens (tertiary/aromatic N) is 1. The Hall–Kier alpha value is 0.250. The fraction of sp³-hybridized carbons (Fsp3) is 1.00. The molecule has 0 aromatic heterocycles. The molecular formula is C12H22ClN. The molecule has 0 radical (unpaired) electrons. The van der Waals surface area contributed by atoms with Gasteiger partial charge in [-0.2, -0.15) is 0 Å². The molecule has 2 aliphatic rings. The molecule has 0 aromatic rings. The van der Waals surface area contributed by atoms with Crippen LogP contribution in [0.2, 0.25) is 0 Å². The van der Waals surface area contributed by atoms with Crippen molar-refractivity contribution in [1.29, 1.82) is 0 Å². The Morgan fingerprint density at radius 3 is 2.36 bits per heavy atom. The van der Waals surface area contributed by atoms with E-state index in [0.29, 0.717) is 5.38 Å². The molecule has 0 spiro atoms. The lowest BCUT2D eigenvalue weighted by Crippen LogP contribution is -2.38. The van der Waals surface area contributed by atoms with Gasteiger partial charge in [0.05, 0.1) is 0 Å². The van der Waals surface area contributed by atoms with E-state index in [1.165, 1.54) is 64.6 Å². The van der Waals surface area contributed by atoms with Gasteiger partial charge in [0.1, 0.15) is 0 Å². The number of alkyl halides is 1. The first-order chi connectivity index (χ1) is 6.86. The SMILES string of the molecule is ClC1CCCCC1CN1CCCCC1. The van der Waals surface area contributed by atoms with Gasteiger partial charge in [-0.3, -0.25) is 0 Å². The predicted molar refractivity (Wildman–Crippen MR) is 61.9 cm³/mol. The number of likely N-dealkylation sites (tertiary alicyclic amines) is 1. The summed E-state index contributed by atoms with van der Waals surface area (Å²) in [6, 6.07) is 0. The maximum atomic E-state index is 6.38. The second-order valence-corrected chi connectivity index (χ2v) is 5.48. The summed E-state index contributed by atoms with van der Waals surface area (Å²) in [5, 5.41) is 0.464. The lowest BCUT2D eigenvalue weighted by atomic mass is 9.88. The Kier molecular flexibility index (Phi) is 4.12. The van der Waals surface area contributed by atoms with E-state index >= 15 is 0 Å². The van der Waals surface area contributed by atoms with E-state index in [0.717, 1.165) is 5.92 Å². The van der Waals surface area contributed by atoms with Crippen LogP contribution in [0.5, 0.6) is 0 Å². The van der Waals surface area contributed by atoms with Crippen molar-refractivity contribution >= 4 is 11.6 Å². The monoisotopic (exact) mass is 215 g/mol. The second-order valence-electron chi connectivity index (χ2n) is 4.92. The molecule has 1 saturated heterocycles. The van der Waals surface area contributed by atoms with E-state index in [4.69, 9.17) is 11.6 Å². The van der Waals surface area contributed by atoms with Crippen LogP contribution in [0.3, 0.4) is 0 Å². The van der Waals surface area contributed by atoms with Gasteiger partial charge in [-0.15, -0.1) is 11.6 Å². The summed E-state index contributed by atoms with van der Waals surface area (Å²) in [6.45, 7) is 3.91. The summed E-state index contributed by atoms with van der Waals surface area (Å²) < 4.78 is 0. The third-order valence-electron chi connectivity index (χ3n) is 3.76. The molecule has 82 valence electrons. The van der Waals surface area contributed by atoms with Crippen molar-refractivity contribution in [3.05, 3.63) is 0 Å². The number of piperidine rings is 1. The highest BCUT2D eigenvalue weighted by Crippen LogP contribution is 2.29. The average Bonchev–Trinajstić information content (AvgIpc) is 2.23. The Morgan fingerprint density at radius 2 is 1.64 bits per heavy atom. The molecule has 0 bridgehead atoms. The standard InChI is InChI=1S/C12H22ClN/c13-12-7-3-2-6-11(12)10-14-8-4-1-5-9-14/h11-12H,1-10H2. The zero-order valence-electron chi connectivity index (χ0n) is 9.05. The van der Waals surface area contributed by atoms with Gasteiger partial charge in [0.25, 0.3) is 0 Å². The minimum absolute atomic E-state index is 0.464. The van der Waals surface area contributed by atoms with Crippen LogP contribution in [0.1, 0.15) is 44.9 Å². The first kappa shape index (κ1) is 10.8. The van der Waals surface area contributed by atoms with Crippen molar-refractivity contribution in [2.24, 2.45) is 5.92 Å². The Morgan fingerprint density at radius 1 is 0.929 bits per heavy atom. The Balaban J connectivity index is 1.76. The third kappa shape index (κ3) is 2.87. The molecule has 14 heavy (non-hydrogen) atoms. The molecule has 1 saturated carbocycles. The van der Waals surface area contributed by atoms with Crippen molar-refractivity contribution in [2.75, 3.05) is 19.6 Å². The zero-order chi connectivity index (χ0) is 9.80. The van der Waals surface area contributed by atoms with Crippen LogP contribution in [0.15, 0.2) is 0 Å². The Bertz CT molecular complexity index is 166. The fourth-order valence-corrected chi connectivity index (χ4v) is 3.20. The van der Waals surface area contributed by atoms with Crippen molar-refractivity contribution in [2.45, 2.75) is 50.3 Å². The van der Waals surface area contributed by atoms with Gasteiger partial charge >= 0.3 is 0 Å². The lowest BCUT2D eigenvalue weighted by Gasteiger charge is -2.34. The minimum atomic E-state index is 0.464. The topological polar surface area (TPSA) is 3.24 Å². The molecule has 2 heteroatoms. The molecule has 1 aliphatic carbocycles. The molecule has 1 nitrogen and oxygen atoms in total. The third-order valence-corrected chi connectivity index (χ3v) is 4.33. The first-order valence-electron chi connectivity index (χ1n) is 6.22. The molecule has 0 N–H and O–H groups in total. The maximum Gasteiger partial charge on any atom is 0.0376 e. The van der Waals surface area contributed by atoms with E-state index in [-0.39, 0.29) is 0 Å². The molecule has 2 rings (SSSR count). The van der Waals surface area contributed by atoms with Gasteiger partial charge in [0.2, 0.25) is 0 Å². The van der Waals surface area contributed by atoms with Crippen LogP contribution in [0.4, 0.5) is 0 Å². The molecule has 2 unspecified atom stereocenters. The van der Waals surface area contributed by atoms with Crippen LogP contribution in [-0.2, 0) is 0 Å². The number of rotatable bonds is 2. The van der Waals surface area contributed by atoms with Crippen LogP contribution in [0, 0.1) is 5.92 Å². The molecule has 1 heterocycles. The minimum Gasteiger partial charge on any atom is -0.303 e. The molecule has 2 atom stereocenters. The zero-order valence-corrected chi connectivity index (χ0v) is 9.81. The van der Waals surface area contributed by atoms with E-state index in [1.54, 1.807) is 0 Å². The highest BCUT2D eigenvalue weighted by Gasteiger charge is 2.25. The number of hydrogen-bond donors (Lipinski definition) is 0. The van der Waals surface area contributed by atoms with Gasteiger partial charge in [0, 0.05) is 11.9 Å². The van der Waals surface area contributed by atoms with Gasteiger partial charge in [-0.1, -0.05) is 19.3 Å². The van der Waals surface area contributed by atoms with Crippen molar-refractivity contribution in [1.82, 2.24) is 4.90 Å². The summed E-state index contributed by atoms with van der Waals surface area (Å²) in [7, 11) is 0. The van der Waals surface area contributed by atoms with Gasteiger partial charge in [-0.25, -0.2) is 0 Å². The van der Waals surface area contributed by atoms with Crippen LogP contribution >= 0.6 is 11.6 Å². The normalized spacial score (nSPS) is 35.8. The lowest BCUT2D eigenvalue weighted by molar-refractivity contribution is 0.176. The van der Waals surface area contributed by atoms with Gasteiger partial charge in [-0.05, 0) is 44.7 Å². The summed E-state index contributed by atoms with van der Waals surface area (Å²) in [4.78, 5) is 2.63. The van der Waals surface area contributed by atoms with Gasteiger partial charge in [0.15, 0.2) is 0 Å². The highest BCUT2D eigenvalue weighted by atomic mass is 35.5. The van der Waals surface area contributed by atoms with Crippen molar-refractivity contribution in [3.8, 4) is 0 Å². The number of halogens is 1. The van der Waals surface area contributed by atoms with Crippen LogP contribution < -0.4 is 0 Å². The van der Waals surface area contributed by atoms with E-state index in [2.05, 4.69) is 4.90 Å². The van der Waals surface area contributed by atoms with Gasteiger partial charge < -0.3 is 4.90 Å². The van der Waals surface area contributed by atoms with E-state index < -0.39 is 0 Å². The number of hydrogen-bond acceptors (Lipinski definition) is 1. The summed E-state index contributed by atoms with van der Waals surface area (Å²) in [5.74, 6) is 0.781. The van der Waals surface area contributed by atoms with Crippen molar-refractivity contribution < 1.29 is 0 Å². The van der Waals surface area contributed by atoms with E-state index in [1.807, 2.05) is 0 Å². The summed E-state index contributed by atoms with van der Waals surface area (Å²) in [5.41, 5.74) is 0. The largest absolute Gasteiger partial charge is 0.303 e. The maximum absolute atomic E-state index is 6.38. The predicted octanol–water partition coefficient (Wildman–Crippen LogP) is 3.27. The highest BCUT2D eigenvalue weighted by molar-refractivity contribution is 6.20. The molecule has 0 aromatic carbocycles.